The third kappa shape index (κ3) is 4.94. The minimum absolute atomic E-state index is 0.0112. The normalized spacial score (nSPS) is 14.5. The van der Waals surface area contributed by atoms with Crippen LogP contribution >= 0.6 is 12.2 Å². The van der Waals surface area contributed by atoms with Crippen LogP contribution in [0.2, 0.25) is 0 Å². The molecule has 0 atom stereocenters. The van der Waals surface area contributed by atoms with Crippen molar-refractivity contribution in [1.82, 2.24) is 5.32 Å². The van der Waals surface area contributed by atoms with Gasteiger partial charge in [-0.15, -0.1) is 0 Å². The molecule has 0 bridgehead atoms. The molecule has 5 rings (SSSR count). The maximum absolute atomic E-state index is 13.3. The van der Waals surface area contributed by atoms with Crippen LogP contribution in [0.15, 0.2) is 90.5 Å². The van der Waals surface area contributed by atoms with Crippen molar-refractivity contribution < 1.29 is 23.8 Å². The summed E-state index contributed by atoms with van der Waals surface area (Å²) >= 11 is 5.28. The van der Waals surface area contributed by atoms with E-state index in [0.29, 0.717) is 35.1 Å². The van der Waals surface area contributed by atoms with Crippen molar-refractivity contribution in [2.24, 2.45) is 0 Å². The van der Waals surface area contributed by atoms with E-state index in [1.54, 1.807) is 56.7 Å². The van der Waals surface area contributed by atoms with Gasteiger partial charge in [0, 0.05) is 0 Å². The first-order chi connectivity index (χ1) is 18.5. The number of carbonyl (C=O) groups is 2. The molecule has 0 saturated carbocycles. The van der Waals surface area contributed by atoms with Gasteiger partial charge in [-0.2, -0.15) is 0 Å². The number of hydrogen-bond donors (Lipinski definition) is 1. The van der Waals surface area contributed by atoms with Crippen molar-refractivity contribution in [3.8, 4) is 17.2 Å². The number of amides is 2. The highest BCUT2D eigenvalue weighted by atomic mass is 32.1. The number of ether oxygens (including phenoxy) is 3. The zero-order valence-electron chi connectivity index (χ0n) is 20.8. The van der Waals surface area contributed by atoms with Crippen LogP contribution in [0.25, 0.3) is 16.8 Å². The molecule has 1 aliphatic heterocycles. The standard InChI is InChI=1S/C30H24N2O5S/c1-35-23-13-11-22(12-14-23)32-29(34)25(28(33)31-30(32)38)16-19-10-15-26(27(17-19)36-2)37-18-21-8-5-7-20-6-3-4-9-24(20)21/h3-17H,18H2,1-2H3,(H,31,33,38)/b25-16+. The van der Waals surface area contributed by atoms with Crippen molar-refractivity contribution >= 4 is 51.7 Å². The zero-order chi connectivity index (χ0) is 26.6. The van der Waals surface area contributed by atoms with Crippen LogP contribution in [0, 0.1) is 0 Å². The van der Waals surface area contributed by atoms with Crippen LogP contribution in [0.5, 0.6) is 17.2 Å². The summed E-state index contributed by atoms with van der Waals surface area (Å²) in [6.07, 6.45) is 1.51. The second kappa shape index (κ2) is 10.7. The van der Waals surface area contributed by atoms with E-state index in [9.17, 15) is 9.59 Å². The fourth-order valence-corrected chi connectivity index (χ4v) is 4.54. The topological polar surface area (TPSA) is 77.1 Å². The van der Waals surface area contributed by atoms with E-state index in [4.69, 9.17) is 26.4 Å². The third-order valence-electron chi connectivity index (χ3n) is 6.19. The van der Waals surface area contributed by atoms with Gasteiger partial charge >= 0.3 is 0 Å². The molecule has 1 heterocycles. The lowest BCUT2D eigenvalue weighted by molar-refractivity contribution is -0.122. The van der Waals surface area contributed by atoms with E-state index in [2.05, 4.69) is 23.5 Å². The van der Waals surface area contributed by atoms with Gasteiger partial charge in [0.1, 0.15) is 17.9 Å². The Balaban J connectivity index is 1.39. The van der Waals surface area contributed by atoms with Gasteiger partial charge in [-0.25, -0.2) is 0 Å². The first-order valence-electron chi connectivity index (χ1n) is 11.8. The van der Waals surface area contributed by atoms with E-state index in [-0.39, 0.29) is 10.7 Å². The van der Waals surface area contributed by atoms with Crippen LogP contribution in [-0.4, -0.2) is 31.1 Å². The largest absolute Gasteiger partial charge is 0.497 e. The molecule has 4 aromatic carbocycles. The average molecular weight is 525 g/mol. The SMILES string of the molecule is COc1ccc(N2C(=O)/C(=C/c3ccc(OCc4cccc5ccccc45)c(OC)c3)C(=O)NC2=S)cc1. The van der Waals surface area contributed by atoms with E-state index < -0.39 is 11.8 Å². The monoisotopic (exact) mass is 524 g/mol. The van der Waals surface area contributed by atoms with Gasteiger partial charge in [-0.3, -0.25) is 19.8 Å². The van der Waals surface area contributed by atoms with Crippen LogP contribution in [0.4, 0.5) is 5.69 Å². The highest BCUT2D eigenvalue weighted by Gasteiger charge is 2.34. The average Bonchev–Trinajstić information content (AvgIpc) is 2.94. The van der Waals surface area contributed by atoms with E-state index in [1.807, 2.05) is 24.3 Å². The van der Waals surface area contributed by atoms with Gasteiger partial charge in [-0.05, 0) is 76.6 Å². The van der Waals surface area contributed by atoms with Crippen molar-refractivity contribution in [3.05, 3.63) is 102 Å². The third-order valence-corrected chi connectivity index (χ3v) is 6.48. The minimum atomic E-state index is -0.569. The Morgan fingerprint density at radius 2 is 1.63 bits per heavy atom. The first kappa shape index (κ1) is 25.0. The number of methoxy groups -OCH3 is 2. The Morgan fingerprint density at radius 3 is 2.39 bits per heavy atom. The predicted octanol–water partition coefficient (Wildman–Crippen LogP) is 5.27. The van der Waals surface area contributed by atoms with E-state index >= 15 is 0 Å². The Hall–Kier alpha value is -4.69. The molecule has 0 spiro atoms. The second-order valence-electron chi connectivity index (χ2n) is 8.49. The van der Waals surface area contributed by atoms with Crippen LogP contribution in [0.3, 0.4) is 0 Å². The number of carbonyl (C=O) groups excluding carboxylic acids is 2. The summed E-state index contributed by atoms with van der Waals surface area (Å²) in [6.45, 7) is 0.354. The molecule has 190 valence electrons. The minimum Gasteiger partial charge on any atom is -0.497 e. The molecule has 0 aliphatic carbocycles. The molecular formula is C30H24N2O5S. The highest BCUT2D eigenvalue weighted by molar-refractivity contribution is 7.80. The van der Waals surface area contributed by atoms with E-state index in [1.165, 1.54) is 11.0 Å². The molecule has 0 unspecified atom stereocenters. The summed E-state index contributed by atoms with van der Waals surface area (Å²) in [4.78, 5) is 27.3. The number of nitrogens with one attached hydrogen (secondary N) is 1. The quantitative estimate of drug-likeness (QED) is 0.202. The molecule has 1 N–H and O–H groups in total. The van der Waals surface area contributed by atoms with Crippen LogP contribution in [-0.2, 0) is 16.2 Å². The van der Waals surface area contributed by atoms with Crippen molar-refractivity contribution in [1.29, 1.82) is 0 Å². The smallest absolute Gasteiger partial charge is 0.270 e. The lowest BCUT2D eigenvalue weighted by atomic mass is 10.1. The molecule has 1 fully saturated rings. The fourth-order valence-electron chi connectivity index (χ4n) is 4.26. The van der Waals surface area contributed by atoms with Gasteiger partial charge in [0.2, 0.25) is 0 Å². The van der Waals surface area contributed by atoms with Gasteiger partial charge in [0.25, 0.3) is 11.8 Å². The van der Waals surface area contributed by atoms with Crippen molar-refractivity contribution in [2.45, 2.75) is 6.61 Å². The number of rotatable bonds is 7. The van der Waals surface area contributed by atoms with Crippen molar-refractivity contribution in [3.63, 3.8) is 0 Å². The van der Waals surface area contributed by atoms with Gasteiger partial charge < -0.3 is 14.2 Å². The van der Waals surface area contributed by atoms with Gasteiger partial charge in [-0.1, -0.05) is 48.5 Å². The Morgan fingerprint density at radius 1 is 0.868 bits per heavy atom. The summed E-state index contributed by atoms with van der Waals surface area (Å²) in [5.41, 5.74) is 2.11. The van der Waals surface area contributed by atoms with Crippen molar-refractivity contribution in [2.75, 3.05) is 19.1 Å². The maximum Gasteiger partial charge on any atom is 0.270 e. The number of nitrogens with zero attached hydrogens (tertiary/aromatic N) is 1. The molecule has 1 saturated heterocycles. The maximum atomic E-state index is 13.3. The number of anilines is 1. The summed E-state index contributed by atoms with van der Waals surface area (Å²) in [6, 6.07) is 26.3. The predicted molar refractivity (Wildman–Crippen MR) is 150 cm³/mol. The molecule has 0 radical (unpaired) electrons. The molecule has 0 aromatic heterocycles. The Labute approximate surface area is 225 Å². The molecule has 38 heavy (non-hydrogen) atoms. The molecule has 7 nitrogen and oxygen atoms in total. The highest BCUT2D eigenvalue weighted by Crippen LogP contribution is 2.31. The number of fused-ring (bicyclic) bond motifs is 1. The summed E-state index contributed by atoms with van der Waals surface area (Å²) < 4.78 is 16.8. The number of hydrogen-bond acceptors (Lipinski definition) is 6. The van der Waals surface area contributed by atoms with Crippen LogP contribution < -0.4 is 24.4 Å². The summed E-state index contributed by atoms with van der Waals surface area (Å²) in [7, 11) is 3.10. The summed E-state index contributed by atoms with van der Waals surface area (Å²) in [5, 5.41) is 4.87. The summed E-state index contributed by atoms with van der Waals surface area (Å²) in [5.74, 6) is 0.562. The zero-order valence-corrected chi connectivity index (χ0v) is 21.6. The lowest BCUT2D eigenvalue weighted by Gasteiger charge is -2.29. The number of thiocarbonyl (C=S) groups is 1. The molecule has 4 aromatic rings. The first-order valence-corrected chi connectivity index (χ1v) is 12.2. The van der Waals surface area contributed by atoms with Gasteiger partial charge in [0.05, 0.1) is 19.9 Å². The Bertz CT molecular complexity index is 1570. The number of benzene rings is 4. The van der Waals surface area contributed by atoms with E-state index in [0.717, 1.165) is 16.3 Å². The van der Waals surface area contributed by atoms with Gasteiger partial charge in [0.15, 0.2) is 16.6 Å². The van der Waals surface area contributed by atoms with Crippen LogP contribution in [0.1, 0.15) is 11.1 Å². The fraction of sp³-hybridized carbons (Fsp3) is 0.100. The molecule has 8 heteroatoms. The Kier molecular flexibility index (Phi) is 7.06. The molecule has 2 amide bonds. The molecular weight excluding hydrogens is 500 g/mol. The second-order valence-corrected chi connectivity index (χ2v) is 8.88. The lowest BCUT2D eigenvalue weighted by Crippen LogP contribution is -2.54. The molecule has 1 aliphatic rings.